The van der Waals surface area contributed by atoms with Crippen LogP contribution < -0.4 is 11.1 Å². The Kier molecular flexibility index (Phi) is 2.69. The number of ether oxygens (including phenoxy) is 1. The fourth-order valence-electron chi connectivity index (χ4n) is 0.853. The molecule has 1 rings (SSSR count). The van der Waals surface area contributed by atoms with E-state index in [0.29, 0.717) is 6.54 Å². The summed E-state index contributed by atoms with van der Waals surface area (Å²) < 4.78 is 5.19. The minimum absolute atomic E-state index is 0.0378. The van der Waals surface area contributed by atoms with E-state index in [9.17, 15) is 4.79 Å². The second-order valence-electron chi connectivity index (χ2n) is 3.74. The summed E-state index contributed by atoms with van der Waals surface area (Å²) >= 11 is 0. The average Bonchev–Trinajstić information content (AvgIpc) is 1.82. The van der Waals surface area contributed by atoms with Crippen molar-refractivity contribution in [2.45, 2.75) is 19.4 Å². The monoisotopic (exact) mass is 172 g/mol. The molecule has 0 aliphatic carbocycles. The highest BCUT2D eigenvalue weighted by Crippen LogP contribution is 2.13. The van der Waals surface area contributed by atoms with Gasteiger partial charge in [0, 0.05) is 19.6 Å². The first kappa shape index (κ1) is 9.48. The van der Waals surface area contributed by atoms with Crippen LogP contribution in [0.4, 0.5) is 0 Å². The molecule has 0 aromatic carbocycles. The number of nitrogens with two attached hydrogens (primary N) is 1. The number of nitrogens with one attached hydrogen (secondary N) is 1. The molecule has 12 heavy (non-hydrogen) atoms. The van der Waals surface area contributed by atoms with E-state index in [0.717, 1.165) is 13.1 Å². The second kappa shape index (κ2) is 3.41. The van der Waals surface area contributed by atoms with Crippen molar-refractivity contribution in [1.29, 1.82) is 0 Å². The Morgan fingerprint density at radius 2 is 2.25 bits per heavy atom. The Balaban J connectivity index is 2.34. The maximum Gasteiger partial charge on any atom is 0.312 e. The maximum atomic E-state index is 11.3. The van der Waals surface area contributed by atoms with Crippen molar-refractivity contribution in [2.75, 3.05) is 19.6 Å². The first-order valence-corrected chi connectivity index (χ1v) is 4.19. The molecule has 1 fully saturated rings. The lowest BCUT2D eigenvalue weighted by molar-refractivity contribution is -0.162. The molecule has 1 heterocycles. The van der Waals surface area contributed by atoms with Gasteiger partial charge in [0.15, 0.2) is 0 Å². The molecular formula is C8H16N2O2. The predicted molar refractivity (Wildman–Crippen MR) is 45.6 cm³/mol. The smallest absolute Gasteiger partial charge is 0.312 e. The zero-order valence-electron chi connectivity index (χ0n) is 7.59. The SMILES string of the molecule is CC(C)(CN)OC(=O)C1CNC1. The van der Waals surface area contributed by atoms with Gasteiger partial charge in [-0.1, -0.05) is 0 Å². The normalized spacial score (nSPS) is 18.6. The van der Waals surface area contributed by atoms with Crippen LogP contribution in [0, 0.1) is 5.92 Å². The summed E-state index contributed by atoms with van der Waals surface area (Å²) in [5, 5.41) is 3.01. The van der Waals surface area contributed by atoms with Crippen LogP contribution in [0.3, 0.4) is 0 Å². The Hall–Kier alpha value is -0.610. The average molecular weight is 172 g/mol. The largest absolute Gasteiger partial charge is 0.458 e. The van der Waals surface area contributed by atoms with Crippen molar-refractivity contribution in [3.05, 3.63) is 0 Å². The van der Waals surface area contributed by atoms with E-state index in [1.165, 1.54) is 0 Å². The Bertz CT molecular complexity index is 176. The lowest BCUT2D eigenvalue weighted by Gasteiger charge is -2.30. The van der Waals surface area contributed by atoms with E-state index in [1.807, 2.05) is 13.8 Å². The third-order valence-corrected chi connectivity index (χ3v) is 1.98. The number of rotatable bonds is 3. The van der Waals surface area contributed by atoms with Gasteiger partial charge in [-0.15, -0.1) is 0 Å². The molecule has 0 unspecified atom stereocenters. The van der Waals surface area contributed by atoms with Crippen molar-refractivity contribution in [1.82, 2.24) is 5.32 Å². The maximum absolute atomic E-state index is 11.3. The van der Waals surface area contributed by atoms with E-state index < -0.39 is 5.60 Å². The molecule has 0 bridgehead atoms. The molecule has 0 aromatic heterocycles. The molecule has 0 aromatic rings. The Morgan fingerprint density at radius 3 is 2.58 bits per heavy atom. The molecule has 3 N–H and O–H groups in total. The van der Waals surface area contributed by atoms with Crippen LogP contribution in [0.25, 0.3) is 0 Å². The Morgan fingerprint density at radius 1 is 1.67 bits per heavy atom. The predicted octanol–water partition coefficient (Wildman–Crippen LogP) is -0.514. The first-order chi connectivity index (χ1) is 5.55. The van der Waals surface area contributed by atoms with E-state index in [4.69, 9.17) is 10.5 Å². The molecule has 1 saturated heterocycles. The van der Waals surface area contributed by atoms with Crippen LogP contribution in [0.5, 0.6) is 0 Å². The zero-order chi connectivity index (χ0) is 9.19. The van der Waals surface area contributed by atoms with Crippen molar-refractivity contribution in [2.24, 2.45) is 11.7 Å². The summed E-state index contributed by atoms with van der Waals surface area (Å²) in [6.45, 7) is 5.46. The summed E-state index contributed by atoms with van der Waals surface area (Å²) in [4.78, 5) is 11.3. The zero-order valence-corrected chi connectivity index (χ0v) is 7.59. The molecule has 4 nitrogen and oxygen atoms in total. The third-order valence-electron chi connectivity index (χ3n) is 1.98. The molecule has 4 heteroatoms. The minimum Gasteiger partial charge on any atom is -0.458 e. The van der Waals surface area contributed by atoms with Gasteiger partial charge in [-0.3, -0.25) is 4.79 Å². The highest BCUT2D eigenvalue weighted by molar-refractivity contribution is 5.74. The van der Waals surface area contributed by atoms with E-state index >= 15 is 0 Å². The molecule has 1 aliphatic rings. The molecule has 1 aliphatic heterocycles. The molecular weight excluding hydrogens is 156 g/mol. The van der Waals surface area contributed by atoms with Gasteiger partial charge in [-0.25, -0.2) is 0 Å². The van der Waals surface area contributed by atoms with Gasteiger partial charge in [0.1, 0.15) is 5.60 Å². The number of carbonyl (C=O) groups excluding carboxylic acids is 1. The molecule has 70 valence electrons. The summed E-state index contributed by atoms with van der Waals surface area (Å²) in [5.41, 5.74) is 4.90. The van der Waals surface area contributed by atoms with Crippen LogP contribution in [0.15, 0.2) is 0 Å². The van der Waals surface area contributed by atoms with E-state index in [-0.39, 0.29) is 11.9 Å². The summed E-state index contributed by atoms with van der Waals surface area (Å²) in [5.74, 6) is -0.0972. The number of esters is 1. The minimum atomic E-state index is -0.521. The third kappa shape index (κ3) is 2.19. The van der Waals surface area contributed by atoms with Crippen LogP contribution in [-0.4, -0.2) is 31.2 Å². The van der Waals surface area contributed by atoms with Gasteiger partial charge in [0.25, 0.3) is 0 Å². The van der Waals surface area contributed by atoms with Gasteiger partial charge in [0.2, 0.25) is 0 Å². The summed E-state index contributed by atoms with van der Waals surface area (Å²) in [6.07, 6.45) is 0. The molecule has 0 amide bonds. The van der Waals surface area contributed by atoms with Crippen molar-refractivity contribution >= 4 is 5.97 Å². The number of hydrogen-bond donors (Lipinski definition) is 2. The van der Waals surface area contributed by atoms with Crippen LogP contribution in [0.1, 0.15) is 13.8 Å². The molecule has 0 radical (unpaired) electrons. The molecule has 0 saturated carbocycles. The highest BCUT2D eigenvalue weighted by atomic mass is 16.6. The van der Waals surface area contributed by atoms with E-state index in [1.54, 1.807) is 0 Å². The van der Waals surface area contributed by atoms with Gasteiger partial charge in [-0.05, 0) is 13.8 Å². The van der Waals surface area contributed by atoms with E-state index in [2.05, 4.69) is 5.32 Å². The number of carbonyl (C=O) groups is 1. The fourth-order valence-corrected chi connectivity index (χ4v) is 0.853. The van der Waals surface area contributed by atoms with Crippen molar-refractivity contribution in [3.63, 3.8) is 0 Å². The standard InChI is InChI=1S/C8H16N2O2/c1-8(2,5-9)12-7(11)6-3-10-4-6/h6,10H,3-5,9H2,1-2H3. The van der Waals surface area contributed by atoms with Gasteiger partial charge < -0.3 is 15.8 Å². The van der Waals surface area contributed by atoms with Crippen molar-refractivity contribution in [3.8, 4) is 0 Å². The van der Waals surface area contributed by atoms with Crippen LogP contribution >= 0.6 is 0 Å². The lowest BCUT2D eigenvalue weighted by Crippen LogP contribution is -2.50. The topological polar surface area (TPSA) is 64.3 Å². The van der Waals surface area contributed by atoms with Crippen molar-refractivity contribution < 1.29 is 9.53 Å². The molecule has 0 spiro atoms. The lowest BCUT2D eigenvalue weighted by atomic mass is 10.0. The summed E-state index contributed by atoms with van der Waals surface area (Å²) in [6, 6.07) is 0. The molecule has 0 atom stereocenters. The quantitative estimate of drug-likeness (QED) is 0.563. The first-order valence-electron chi connectivity index (χ1n) is 4.19. The van der Waals surface area contributed by atoms with Gasteiger partial charge in [-0.2, -0.15) is 0 Å². The summed E-state index contributed by atoms with van der Waals surface area (Å²) in [7, 11) is 0. The van der Waals surface area contributed by atoms with Gasteiger partial charge >= 0.3 is 5.97 Å². The van der Waals surface area contributed by atoms with Crippen LogP contribution in [-0.2, 0) is 9.53 Å². The fraction of sp³-hybridized carbons (Fsp3) is 0.875. The van der Waals surface area contributed by atoms with Crippen LogP contribution in [0.2, 0.25) is 0 Å². The number of hydrogen-bond acceptors (Lipinski definition) is 4. The van der Waals surface area contributed by atoms with Gasteiger partial charge in [0.05, 0.1) is 5.92 Å². The second-order valence-corrected chi connectivity index (χ2v) is 3.74. The highest BCUT2D eigenvalue weighted by Gasteiger charge is 2.30. The Labute approximate surface area is 72.5 Å².